The number of benzene rings is 1. The maximum atomic E-state index is 13.4. The number of sulfonamides is 1. The van der Waals surface area contributed by atoms with Crippen LogP contribution in [0.4, 0.5) is 8.78 Å². The molecule has 1 atom stereocenters. The first-order chi connectivity index (χ1) is 11.3. The highest BCUT2D eigenvalue weighted by atomic mass is 32.2. The summed E-state index contributed by atoms with van der Waals surface area (Å²) >= 11 is 0. The van der Waals surface area contributed by atoms with Crippen LogP contribution in [0.2, 0.25) is 0 Å². The molecule has 0 amide bonds. The molecule has 0 bridgehead atoms. The van der Waals surface area contributed by atoms with Gasteiger partial charge in [-0.15, -0.1) is 0 Å². The summed E-state index contributed by atoms with van der Waals surface area (Å²) in [6.07, 6.45) is 2.78. The molecule has 24 heavy (non-hydrogen) atoms. The van der Waals surface area contributed by atoms with Gasteiger partial charge in [-0.05, 0) is 23.8 Å². The summed E-state index contributed by atoms with van der Waals surface area (Å²) in [6.45, 7) is 1.82. The van der Waals surface area contributed by atoms with Crippen LogP contribution in [-0.4, -0.2) is 42.4 Å². The molecular formula is C15H18F2N4O2S. The molecule has 0 saturated carbocycles. The molecule has 0 saturated heterocycles. The Morgan fingerprint density at radius 3 is 2.79 bits per heavy atom. The van der Waals surface area contributed by atoms with Crippen molar-refractivity contribution in [2.75, 3.05) is 19.3 Å². The number of aromatic nitrogens is 2. The van der Waals surface area contributed by atoms with E-state index in [1.807, 2.05) is 6.07 Å². The first-order valence-electron chi connectivity index (χ1n) is 7.45. The molecule has 2 heterocycles. The van der Waals surface area contributed by atoms with E-state index < -0.39 is 21.7 Å². The molecule has 0 fully saturated rings. The number of nitrogens with zero attached hydrogens (tertiary/aromatic N) is 3. The van der Waals surface area contributed by atoms with Crippen molar-refractivity contribution in [3.63, 3.8) is 0 Å². The van der Waals surface area contributed by atoms with Gasteiger partial charge < -0.3 is 0 Å². The van der Waals surface area contributed by atoms with E-state index in [0.29, 0.717) is 25.2 Å². The van der Waals surface area contributed by atoms with Crippen LogP contribution in [0.1, 0.15) is 17.3 Å². The van der Waals surface area contributed by atoms with Crippen molar-refractivity contribution >= 4 is 10.0 Å². The van der Waals surface area contributed by atoms with Crippen LogP contribution in [0.25, 0.3) is 0 Å². The first kappa shape index (κ1) is 17.0. The lowest BCUT2D eigenvalue weighted by molar-refractivity contribution is 0.168. The van der Waals surface area contributed by atoms with Gasteiger partial charge >= 0.3 is 0 Å². The van der Waals surface area contributed by atoms with Gasteiger partial charge in [-0.2, -0.15) is 5.10 Å². The number of hydrogen-bond donors (Lipinski definition) is 1. The zero-order valence-corrected chi connectivity index (χ0v) is 13.9. The maximum Gasteiger partial charge on any atom is 0.208 e. The Balaban J connectivity index is 1.75. The zero-order valence-electron chi connectivity index (χ0n) is 13.1. The summed E-state index contributed by atoms with van der Waals surface area (Å²) in [6, 6.07) is 5.55. The van der Waals surface area contributed by atoms with Crippen LogP contribution < -0.4 is 4.72 Å². The van der Waals surface area contributed by atoms with Crippen molar-refractivity contribution in [1.29, 1.82) is 0 Å². The lowest BCUT2D eigenvalue weighted by Crippen LogP contribution is -2.42. The molecule has 2 aromatic rings. The molecule has 9 heteroatoms. The second kappa shape index (κ2) is 6.58. The molecular weight excluding hydrogens is 338 g/mol. The first-order valence-corrected chi connectivity index (χ1v) is 9.34. The molecule has 0 spiro atoms. The lowest BCUT2D eigenvalue weighted by Gasteiger charge is -2.34. The number of nitrogens with one attached hydrogen (secondary N) is 1. The van der Waals surface area contributed by atoms with Crippen molar-refractivity contribution in [2.45, 2.75) is 19.1 Å². The monoisotopic (exact) mass is 356 g/mol. The molecule has 130 valence electrons. The van der Waals surface area contributed by atoms with Crippen molar-refractivity contribution in [1.82, 2.24) is 19.4 Å². The van der Waals surface area contributed by atoms with E-state index in [9.17, 15) is 17.2 Å². The third-order valence-electron chi connectivity index (χ3n) is 3.92. The summed E-state index contributed by atoms with van der Waals surface area (Å²) in [5.41, 5.74) is 1.61. The summed E-state index contributed by atoms with van der Waals surface area (Å²) in [7, 11) is -3.30. The molecule has 1 aliphatic heterocycles. The molecule has 1 aromatic heterocycles. The Bertz CT molecular complexity index is 838. The Hall–Kier alpha value is -1.84. The Labute approximate surface area is 139 Å². The van der Waals surface area contributed by atoms with E-state index in [4.69, 9.17) is 0 Å². The van der Waals surface area contributed by atoms with Gasteiger partial charge in [0.25, 0.3) is 0 Å². The maximum absolute atomic E-state index is 13.4. The average Bonchev–Trinajstić information content (AvgIpc) is 2.96. The molecule has 1 N–H and O–H groups in total. The van der Waals surface area contributed by atoms with E-state index in [1.54, 1.807) is 16.9 Å². The van der Waals surface area contributed by atoms with Crippen molar-refractivity contribution in [3.05, 3.63) is 53.4 Å². The second-order valence-electron chi connectivity index (χ2n) is 5.96. The molecule has 0 unspecified atom stereocenters. The smallest absolute Gasteiger partial charge is 0.208 e. The van der Waals surface area contributed by atoms with Gasteiger partial charge in [0.15, 0.2) is 11.6 Å². The van der Waals surface area contributed by atoms with Gasteiger partial charge in [0.2, 0.25) is 10.0 Å². The van der Waals surface area contributed by atoms with Gasteiger partial charge in [0, 0.05) is 32.4 Å². The fourth-order valence-corrected chi connectivity index (χ4v) is 3.38. The molecule has 0 radical (unpaired) electrons. The third kappa shape index (κ3) is 3.97. The minimum atomic E-state index is -3.30. The van der Waals surface area contributed by atoms with E-state index >= 15 is 0 Å². The molecule has 0 aliphatic carbocycles. The quantitative estimate of drug-likeness (QED) is 0.876. The van der Waals surface area contributed by atoms with Crippen LogP contribution in [0, 0.1) is 11.6 Å². The minimum absolute atomic E-state index is 0.163. The summed E-state index contributed by atoms with van der Waals surface area (Å²) in [5, 5.41) is 4.25. The number of hydrogen-bond acceptors (Lipinski definition) is 4. The highest BCUT2D eigenvalue weighted by molar-refractivity contribution is 7.88. The molecule has 1 aromatic carbocycles. The third-order valence-corrected chi connectivity index (χ3v) is 4.62. The second-order valence-corrected chi connectivity index (χ2v) is 7.79. The van der Waals surface area contributed by atoms with E-state index in [1.165, 1.54) is 6.07 Å². The number of rotatable bonds is 5. The van der Waals surface area contributed by atoms with Crippen LogP contribution in [0.5, 0.6) is 0 Å². The van der Waals surface area contributed by atoms with E-state index in [0.717, 1.165) is 18.0 Å². The fraction of sp³-hybridized carbons (Fsp3) is 0.400. The highest BCUT2D eigenvalue weighted by Gasteiger charge is 2.26. The van der Waals surface area contributed by atoms with Gasteiger partial charge in [-0.25, -0.2) is 21.9 Å². The van der Waals surface area contributed by atoms with Gasteiger partial charge in [0.05, 0.1) is 18.0 Å². The standard InChI is InChI=1S/C15H18F2N4O2S/c1-24(22,23)19-7-13-10-20(9-12-4-5-18-21(12)13)8-11-2-3-14(16)15(17)6-11/h2-6,13,19H,7-10H2,1H3/t13-/m1/s1. The summed E-state index contributed by atoms with van der Waals surface area (Å²) in [5.74, 6) is -1.74. The van der Waals surface area contributed by atoms with Gasteiger partial charge in [-0.3, -0.25) is 9.58 Å². The number of halogens is 2. The van der Waals surface area contributed by atoms with Crippen LogP contribution in [-0.2, 0) is 23.1 Å². The van der Waals surface area contributed by atoms with Crippen molar-refractivity contribution < 1.29 is 17.2 Å². The summed E-state index contributed by atoms with van der Waals surface area (Å²) in [4.78, 5) is 2.05. The van der Waals surface area contributed by atoms with Crippen molar-refractivity contribution in [3.8, 4) is 0 Å². The molecule has 6 nitrogen and oxygen atoms in total. The summed E-state index contributed by atoms with van der Waals surface area (Å²) < 4.78 is 53.4. The molecule has 1 aliphatic rings. The SMILES string of the molecule is CS(=O)(=O)NC[C@@H]1CN(Cc2ccc(F)c(F)c2)Cc2ccnn21. The van der Waals surface area contributed by atoms with Gasteiger partial charge in [0.1, 0.15) is 0 Å². The van der Waals surface area contributed by atoms with E-state index in [2.05, 4.69) is 14.7 Å². The van der Waals surface area contributed by atoms with E-state index in [-0.39, 0.29) is 12.6 Å². The van der Waals surface area contributed by atoms with Crippen LogP contribution >= 0.6 is 0 Å². The Morgan fingerprint density at radius 1 is 1.29 bits per heavy atom. The zero-order chi connectivity index (χ0) is 17.3. The number of fused-ring (bicyclic) bond motifs is 1. The van der Waals surface area contributed by atoms with Crippen molar-refractivity contribution in [2.24, 2.45) is 0 Å². The van der Waals surface area contributed by atoms with Crippen LogP contribution in [0.3, 0.4) is 0 Å². The Kier molecular flexibility index (Phi) is 4.66. The lowest BCUT2D eigenvalue weighted by atomic mass is 10.1. The topological polar surface area (TPSA) is 67.2 Å². The van der Waals surface area contributed by atoms with Gasteiger partial charge in [-0.1, -0.05) is 6.07 Å². The molecule has 3 rings (SSSR count). The Morgan fingerprint density at radius 2 is 2.08 bits per heavy atom. The normalized spacial score (nSPS) is 18.5. The largest absolute Gasteiger partial charge is 0.291 e. The average molecular weight is 356 g/mol. The predicted molar refractivity (Wildman–Crippen MR) is 84.6 cm³/mol. The fourth-order valence-electron chi connectivity index (χ4n) is 2.88. The highest BCUT2D eigenvalue weighted by Crippen LogP contribution is 2.22. The predicted octanol–water partition coefficient (Wildman–Crippen LogP) is 1.27. The van der Waals surface area contributed by atoms with Crippen LogP contribution in [0.15, 0.2) is 30.5 Å². The minimum Gasteiger partial charge on any atom is -0.291 e.